The quantitative estimate of drug-likeness (QED) is 0.291. The van der Waals surface area contributed by atoms with Crippen LogP contribution in [0, 0.1) is 5.21 Å². The summed E-state index contributed by atoms with van der Waals surface area (Å²) >= 11 is 0. The summed E-state index contributed by atoms with van der Waals surface area (Å²) in [5.41, 5.74) is 0. The Morgan fingerprint density at radius 3 is 2.29 bits per heavy atom. The highest BCUT2D eigenvalue weighted by Gasteiger charge is 1.71. The van der Waals surface area contributed by atoms with E-state index in [2.05, 4.69) is 18.3 Å². The fourth-order valence-electron chi connectivity index (χ4n) is 0.128. The molecule has 0 saturated carbocycles. The first-order chi connectivity index (χ1) is 3.31. The van der Waals surface area contributed by atoms with Crippen molar-refractivity contribution in [1.29, 1.82) is 0 Å². The summed E-state index contributed by atoms with van der Waals surface area (Å²) in [5, 5.41) is 13.1. The van der Waals surface area contributed by atoms with Gasteiger partial charge in [0.1, 0.15) is 0 Å². The van der Waals surface area contributed by atoms with E-state index < -0.39 is 0 Å². The summed E-state index contributed by atoms with van der Waals surface area (Å²) in [7, 11) is 0. The van der Waals surface area contributed by atoms with Crippen LogP contribution in [0.5, 0.6) is 0 Å². The zero-order chi connectivity index (χ0) is 5.70. The predicted molar refractivity (Wildman–Crippen MR) is 26.4 cm³/mol. The summed E-state index contributed by atoms with van der Waals surface area (Å²) in [4.78, 5) is 0.326. The van der Waals surface area contributed by atoms with Gasteiger partial charge < -0.3 is 5.21 Å². The molecule has 0 N–H and O–H groups in total. The van der Waals surface area contributed by atoms with Crippen LogP contribution in [0.15, 0.2) is 30.7 Å². The van der Waals surface area contributed by atoms with Gasteiger partial charge in [-0.3, -0.25) is 0 Å². The first kappa shape index (κ1) is 5.88. The molecule has 0 saturated heterocycles. The van der Waals surface area contributed by atoms with Crippen LogP contribution < -0.4 is 0 Å². The third-order valence-corrected chi connectivity index (χ3v) is 0.352. The number of rotatable bonds is 2. The molecule has 3 nitrogen and oxygen atoms in total. The second-order valence-electron chi connectivity index (χ2n) is 0.783. The summed E-state index contributed by atoms with van der Waals surface area (Å²) in [6.07, 6.45) is 2.19. The molecule has 0 heterocycles. The minimum atomic E-state index is 0.326. The van der Waals surface area contributed by atoms with E-state index in [4.69, 9.17) is 0 Å². The fourth-order valence-corrected chi connectivity index (χ4v) is 0.128. The molecule has 0 aromatic carbocycles. The molecule has 0 atom stereocenters. The van der Waals surface area contributed by atoms with E-state index >= 15 is 0 Å². The third-order valence-electron chi connectivity index (χ3n) is 0.352. The molecule has 0 unspecified atom stereocenters. The molecule has 0 bridgehead atoms. The molecule has 0 radical (unpaired) electrons. The van der Waals surface area contributed by atoms with Crippen LogP contribution in [-0.4, -0.2) is 4.86 Å². The van der Waals surface area contributed by atoms with Gasteiger partial charge in [-0.2, -0.15) is 0 Å². The summed E-state index contributed by atoms with van der Waals surface area (Å²) in [5.74, 6) is 0. The SMILES string of the molecule is C=CN=[N+]([O-])C=C. The maximum atomic E-state index is 9.97. The average Bonchev–Trinajstić information content (AvgIpc) is 1.68. The molecular formula is C4H6N2O. The van der Waals surface area contributed by atoms with E-state index in [0.717, 1.165) is 12.4 Å². The Bertz CT molecular complexity index is 106. The summed E-state index contributed by atoms with van der Waals surface area (Å²) in [6, 6.07) is 0. The van der Waals surface area contributed by atoms with E-state index in [9.17, 15) is 5.21 Å². The zero-order valence-corrected chi connectivity index (χ0v) is 3.87. The number of nitrogens with zero attached hydrogens (tertiary/aromatic N) is 2. The molecule has 0 amide bonds. The van der Waals surface area contributed by atoms with Crippen molar-refractivity contribution in [3.63, 3.8) is 0 Å². The number of azo groups is 1. The standard InChI is InChI=1S/C4H6N2O/c1-3-5-6(7)4-2/h3-4H,1-2H2. The molecule has 3 heteroatoms. The predicted octanol–water partition coefficient (Wildman–Crippen LogP) is 1.24. The first-order valence-corrected chi connectivity index (χ1v) is 1.72. The Hall–Kier alpha value is -1.12. The molecule has 0 aliphatic carbocycles. The van der Waals surface area contributed by atoms with Gasteiger partial charge in [-0.05, 0) is 6.58 Å². The minimum absolute atomic E-state index is 0.326. The first-order valence-electron chi connectivity index (χ1n) is 1.72. The lowest BCUT2D eigenvalue weighted by Gasteiger charge is -1.84. The lowest BCUT2D eigenvalue weighted by Crippen LogP contribution is -1.81. The molecule has 0 aliphatic rings. The van der Waals surface area contributed by atoms with Gasteiger partial charge in [-0.1, -0.05) is 11.4 Å². The van der Waals surface area contributed by atoms with Crippen LogP contribution >= 0.6 is 0 Å². The number of hydroxylamine groups is 1. The van der Waals surface area contributed by atoms with Crippen molar-refractivity contribution in [3.8, 4) is 0 Å². The van der Waals surface area contributed by atoms with Crippen molar-refractivity contribution in [2.75, 3.05) is 0 Å². The van der Waals surface area contributed by atoms with Gasteiger partial charge in [0.2, 0.25) is 6.20 Å². The van der Waals surface area contributed by atoms with Crippen LogP contribution in [0.1, 0.15) is 0 Å². The Balaban J connectivity index is 3.72. The van der Waals surface area contributed by atoms with Crippen LogP contribution in [0.25, 0.3) is 0 Å². The Morgan fingerprint density at radius 1 is 1.57 bits per heavy atom. The highest BCUT2D eigenvalue weighted by molar-refractivity contribution is 4.55. The third kappa shape index (κ3) is 2.69. The molecule has 0 aromatic heterocycles. The van der Waals surface area contributed by atoms with Gasteiger partial charge in [0, 0.05) is 5.11 Å². The van der Waals surface area contributed by atoms with E-state index in [1.54, 1.807) is 0 Å². The molecule has 0 aliphatic heterocycles. The molecular weight excluding hydrogens is 92.1 g/mol. The molecule has 0 aromatic rings. The monoisotopic (exact) mass is 98.0 g/mol. The van der Waals surface area contributed by atoms with Gasteiger partial charge in [-0.15, -0.1) is 0 Å². The summed E-state index contributed by atoms with van der Waals surface area (Å²) in [6.45, 7) is 6.34. The van der Waals surface area contributed by atoms with Gasteiger partial charge in [0.05, 0.1) is 6.20 Å². The maximum absolute atomic E-state index is 9.97. The zero-order valence-electron chi connectivity index (χ0n) is 3.87. The van der Waals surface area contributed by atoms with Crippen molar-refractivity contribution in [2.45, 2.75) is 0 Å². The molecule has 7 heavy (non-hydrogen) atoms. The summed E-state index contributed by atoms with van der Waals surface area (Å²) < 4.78 is 0. The normalized spacial score (nSPS) is 10.6. The molecule has 0 fully saturated rings. The van der Waals surface area contributed by atoms with E-state index in [1.165, 1.54) is 0 Å². The largest absolute Gasteiger partial charge is 0.594 e. The van der Waals surface area contributed by atoms with Gasteiger partial charge in [0.25, 0.3) is 0 Å². The fraction of sp³-hybridized carbons (Fsp3) is 0. The second-order valence-corrected chi connectivity index (χ2v) is 0.783. The van der Waals surface area contributed by atoms with Crippen molar-refractivity contribution in [3.05, 3.63) is 30.8 Å². The Kier molecular flexibility index (Phi) is 2.59. The molecule has 38 valence electrons. The number of hydrogen-bond acceptors (Lipinski definition) is 2. The van der Waals surface area contributed by atoms with Gasteiger partial charge in [0.15, 0.2) is 0 Å². The van der Waals surface area contributed by atoms with Gasteiger partial charge >= 0.3 is 0 Å². The van der Waals surface area contributed by atoms with Crippen molar-refractivity contribution in [1.82, 2.24) is 0 Å². The van der Waals surface area contributed by atoms with E-state index in [-0.39, 0.29) is 0 Å². The lowest BCUT2D eigenvalue weighted by molar-refractivity contribution is -0.452. The maximum Gasteiger partial charge on any atom is 0.202 e. The Labute approximate surface area is 41.9 Å². The molecule has 0 spiro atoms. The highest BCUT2D eigenvalue weighted by Crippen LogP contribution is 1.73. The number of hydrogen-bond donors (Lipinski definition) is 0. The van der Waals surface area contributed by atoms with Crippen LogP contribution in [0.3, 0.4) is 0 Å². The highest BCUT2D eigenvalue weighted by atomic mass is 16.5. The molecule has 0 rings (SSSR count). The van der Waals surface area contributed by atoms with Crippen molar-refractivity contribution >= 4 is 0 Å². The van der Waals surface area contributed by atoms with Crippen LogP contribution in [0.4, 0.5) is 0 Å². The average molecular weight is 98.1 g/mol. The minimum Gasteiger partial charge on any atom is -0.594 e. The van der Waals surface area contributed by atoms with Crippen LogP contribution in [-0.2, 0) is 0 Å². The smallest absolute Gasteiger partial charge is 0.202 e. The van der Waals surface area contributed by atoms with E-state index in [1.807, 2.05) is 0 Å². The van der Waals surface area contributed by atoms with Crippen LogP contribution in [0.2, 0.25) is 0 Å². The Morgan fingerprint density at radius 2 is 2.14 bits per heavy atom. The van der Waals surface area contributed by atoms with Crippen molar-refractivity contribution < 1.29 is 4.86 Å². The topological polar surface area (TPSA) is 38.4 Å². The van der Waals surface area contributed by atoms with E-state index in [0.29, 0.717) is 4.86 Å². The second kappa shape index (κ2) is 3.08. The van der Waals surface area contributed by atoms with Crippen molar-refractivity contribution in [2.24, 2.45) is 5.11 Å². The van der Waals surface area contributed by atoms with Gasteiger partial charge in [-0.25, -0.2) is 0 Å². The lowest BCUT2D eigenvalue weighted by atomic mass is 11.0.